The molecule has 0 saturated carbocycles. The van der Waals surface area contributed by atoms with Crippen LogP contribution in [0.2, 0.25) is 0 Å². The Bertz CT molecular complexity index is 454. The maximum absolute atomic E-state index is 12.2. The molecule has 1 aromatic rings. The lowest BCUT2D eigenvalue weighted by molar-refractivity contribution is -0.135. The van der Waals surface area contributed by atoms with E-state index in [1.54, 1.807) is 4.90 Å². The third-order valence-electron chi connectivity index (χ3n) is 3.65. The Morgan fingerprint density at radius 3 is 2.90 bits per heavy atom. The molecule has 1 fully saturated rings. The van der Waals surface area contributed by atoms with Crippen LogP contribution in [0.25, 0.3) is 0 Å². The second-order valence-electron chi connectivity index (χ2n) is 5.85. The van der Waals surface area contributed by atoms with Gasteiger partial charge in [0, 0.05) is 58.1 Å². The highest BCUT2D eigenvalue weighted by molar-refractivity contribution is 5.81. The van der Waals surface area contributed by atoms with Crippen LogP contribution in [0.5, 0.6) is 0 Å². The van der Waals surface area contributed by atoms with Gasteiger partial charge in [0.1, 0.15) is 6.04 Å². The van der Waals surface area contributed by atoms with Gasteiger partial charge in [0.15, 0.2) is 0 Å². The molecule has 2 heterocycles. The first-order chi connectivity index (χ1) is 9.49. The number of likely N-dealkylation sites (N-methyl/N-ethyl adjacent to an activating group) is 1. The summed E-state index contributed by atoms with van der Waals surface area (Å²) in [7, 11) is 3.62. The standard InChI is InChI=1S/C14H25N5O/c1-11(2)19-10-12(7-16-19)9-18-6-5-15-8-13(18)14(20)17(3)4/h7,10-11,13,15H,5-6,8-9H2,1-4H3. The average molecular weight is 279 g/mol. The minimum absolute atomic E-state index is 0.0823. The lowest BCUT2D eigenvalue weighted by atomic mass is 10.1. The first-order valence-electron chi connectivity index (χ1n) is 7.18. The zero-order chi connectivity index (χ0) is 14.7. The minimum Gasteiger partial charge on any atom is -0.347 e. The van der Waals surface area contributed by atoms with Crippen LogP contribution in [-0.4, -0.2) is 65.3 Å². The fourth-order valence-corrected chi connectivity index (χ4v) is 2.45. The molecule has 20 heavy (non-hydrogen) atoms. The van der Waals surface area contributed by atoms with E-state index in [4.69, 9.17) is 0 Å². The number of carbonyl (C=O) groups excluding carboxylic acids is 1. The Balaban J connectivity index is 2.06. The molecule has 1 atom stereocenters. The minimum atomic E-state index is -0.0823. The van der Waals surface area contributed by atoms with Gasteiger partial charge < -0.3 is 10.2 Å². The smallest absolute Gasteiger partial charge is 0.240 e. The Morgan fingerprint density at radius 1 is 1.55 bits per heavy atom. The van der Waals surface area contributed by atoms with Crippen molar-refractivity contribution in [3.05, 3.63) is 18.0 Å². The number of nitrogens with one attached hydrogen (secondary N) is 1. The number of hydrogen-bond donors (Lipinski definition) is 1. The maximum Gasteiger partial charge on any atom is 0.240 e. The summed E-state index contributed by atoms with van der Waals surface area (Å²) in [6, 6.07) is 0.284. The van der Waals surface area contributed by atoms with E-state index < -0.39 is 0 Å². The molecule has 2 rings (SSSR count). The molecular weight excluding hydrogens is 254 g/mol. The number of carbonyl (C=O) groups is 1. The summed E-state index contributed by atoms with van der Waals surface area (Å²) in [5.41, 5.74) is 1.16. The van der Waals surface area contributed by atoms with Gasteiger partial charge in [0.25, 0.3) is 0 Å². The summed E-state index contributed by atoms with van der Waals surface area (Å²) in [5, 5.41) is 7.67. The normalized spacial score (nSPS) is 20.4. The molecule has 1 N–H and O–H groups in total. The van der Waals surface area contributed by atoms with Crippen molar-refractivity contribution in [3.63, 3.8) is 0 Å². The summed E-state index contributed by atoms with van der Waals surface area (Å²) >= 11 is 0. The van der Waals surface area contributed by atoms with Gasteiger partial charge in [-0.05, 0) is 13.8 Å². The molecule has 1 saturated heterocycles. The van der Waals surface area contributed by atoms with Gasteiger partial charge in [-0.3, -0.25) is 14.4 Å². The van der Waals surface area contributed by atoms with Gasteiger partial charge in [0.2, 0.25) is 5.91 Å². The zero-order valence-electron chi connectivity index (χ0n) is 12.8. The monoisotopic (exact) mass is 279 g/mol. The van der Waals surface area contributed by atoms with Gasteiger partial charge in [0.05, 0.1) is 6.20 Å². The molecule has 0 aromatic carbocycles. The van der Waals surface area contributed by atoms with Gasteiger partial charge in [-0.1, -0.05) is 0 Å². The molecule has 0 spiro atoms. The highest BCUT2D eigenvalue weighted by atomic mass is 16.2. The Hall–Kier alpha value is -1.40. The van der Waals surface area contributed by atoms with Gasteiger partial charge in [-0.25, -0.2) is 0 Å². The van der Waals surface area contributed by atoms with Crippen molar-refractivity contribution in [1.82, 2.24) is 24.9 Å². The highest BCUT2D eigenvalue weighted by Gasteiger charge is 2.29. The molecule has 112 valence electrons. The highest BCUT2D eigenvalue weighted by Crippen LogP contribution is 2.13. The van der Waals surface area contributed by atoms with Crippen LogP contribution in [0.15, 0.2) is 12.4 Å². The molecule has 0 bridgehead atoms. The fourth-order valence-electron chi connectivity index (χ4n) is 2.45. The molecule has 1 aromatic heterocycles. The van der Waals surface area contributed by atoms with Crippen molar-refractivity contribution < 1.29 is 4.79 Å². The van der Waals surface area contributed by atoms with Crippen molar-refractivity contribution in [2.75, 3.05) is 33.7 Å². The Kier molecular flexibility index (Phi) is 4.77. The second kappa shape index (κ2) is 6.37. The number of amides is 1. The van der Waals surface area contributed by atoms with Crippen LogP contribution < -0.4 is 5.32 Å². The fraction of sp³-hybridized carbons (Fsp3) is 0.714. The summed E-state index contributed by atoms with van der Waals surface area (Å²) in [6.07, 6.45) is 3.98. The molecule has 1 aliphatic rings. The molecule has 1 aliphatic heterocycles. The molecule has 0 radical (unpaired) electrons. The quantitative estimate of drug-likeness (QED) is 0.863. The molecular formula is C14H25N5O. The molecule has 1 unspecified atom stereocenters. The number of hydrogen-bond acceptors (Lipinski definition) is 4. The third kappa shape index (κ3) is 3.37. The van der Waals surface area contributed by atoms with E-state index in [1.165, 1.54) is 0 Å². The van der Waals surface area contributed by atoms with E-state index in [0.29, 0.717) is 6.04 Å². The summed E-state index contributed by atoms with van der Waals surface area (Å²) < 4.78 is 1.96. The number of rotatable bonds is 4. The number of piperazine rings is 1. The summed E-state index contributed by atoms with van der Waals surface area (Å²) in [4.78, 5) is 16.1. The summed E-state index contributed by atoms with van der Waals surface area (Å²) in [5.74, 6) is 0.161. The third-order valence-corrected chi connectivity index (χ3v) is 3.65. The van der Waals surface area contributed by atoms with Crippen molar-refractivity contribution in [2.24, 2.45) is 0 Å². The van der Waals surface area contributed by atoms with Gasteiger partial charge >= 0.3 is 0 Å². The Morgan fingerprint density at radius 2 is 2.30 bits per heavy atom. The molecule has 6 nitrogen and oxygen atoms in total. The lowest BCUT2D eigenvalue weighted by Gasteiger charge is -2.36. The predicted octanol–water partition coefficient (Wildman–Crippen LogP) is 0.326. The van der Waals surface area contributed by atoms with Crippen LogP contribution in [0.3, 0.4) is 0 Å². The predicted molar refractivity (Wildman–Crippen MR) is 78.4 cm³/mol. The van der Waals surface area contributed by atoms with Crippen molar-refractivity contribution in [2.45, 2.75) is 32.5 Å². The largest absolute Gasteiger partial charge is 0.347 e. The molecule has 6 heteroatoms. The number of nitrogens with zero attached hydrogens (tertiary/aromatic N) is 4. The van der Waals surface area contributed by atoms with Crippen LogP contribution in [0.4, 0.5) is 0 Å². The van der Waals surface area contributed by atoms with Crippen LogP contribution >= 0.6 is 0 Å². The first-order valence-corrected chi connectivity index (χ1v) is 7.18. The van der Waals surface area contributed by atoms with Crippen molar-refractivity contribution in [3.8, 4) is 0 Å². The topological polar surface area (TPSA) is 53.4 Å². The van der Waals surface area contributed by atoms with E-state index in [2.05, 4.69) is 35.4 Å². The first kappa shape index (κ1) is 15.0. The number of aromatic nitrogens is 2. The van der Waals surface area contributed by atoms with Crippen LogP contribution in [-0.2, 0) is 11.3 Å². The zero-order valence-corrected chi connectivity index (χ0v) is 12.8. The van der Waals surface area contributed by atoms with E-state index in [1.807, 2.05) is 25.0 Å². The molecule has 1 amide bonds. The molecule has 0 aliphatic carbocycles. The lowest BCUT2D eigenvalue weighted by Crippen LogP contribution is -2.57. The van der Waals surface area contributed by atoms with Crippen LogP contribution in [0, 0.1) is 0 Å². The summed E-state index contributed by atoms with van der Waals surface area (Å²) in [6.45, 7) is 7.53. The van der Waals surface area contributed by atoms with E-state index >= 15 is 0 Å². The SMILES string of the molecule is CC(C)n1cc(CN2CCNCC2C(=O)N(C)C)cn1. The van der Waals surface area contributed by atoms with Gasteiger partial charge in [-0.15, -0.1) is 0 Å². The van der Waals surface area contributed by atoms with E-state index in [-0.39, 0.29) is 11.9 Å². The van der Waals surface area contributed by atoms with E-state index in [9.17, 15) is 4.79 Å². The van der Waals surface area contributed by atoms with Crippen molar-refractivity contribution in [1.29, 1.82) is 0 Å². The maximum atomic E-state index is 12.2. The van der Waals surface area contributed by atoms with Gasteiger partial charge in [-0.2, -0.15) is 5.10 Å². The van der Waals surface area contributed by atoms with E-state index in [0.717, 1.165) is 31.7 Å². The second-order valence-corrected chi connectivity index (χ2v) is 5.85. The van der Waals surface area contributed by atoms with Crippen molar-refractivity contribution >= 4 is 5.91 Å². The van der Waals surface area contributed by atoms with Crippen LogP contribution in [0.1, 0.15) is 25.5 Å². The Labute approximate surface area is 120 Å². The average Bonchev–Trinajstić information content (AvgIpc) is 2.87.